The standard InChI is InChI=1S/C13H17NO.ClH/c15-13(12-7-4-8-14-10-12)9-11-5-2-1-3-6-11;/h1-3,5-6,12,14H,4,7-10H2;1H. The van der Waals surface area contributed by atoms with Gasteiger partial charge in [0.15, 0.2) is 0 Å². The van der Waals surface area contributed by atoms with Gasteiger partial charge in [0.2, 0.25) is 0 Å². The average Bonchev–Trinajstić information content (AvgIpc) is 2.31. The molecule has 1 saturated heterocycles. The molecule has 1 fully saturated rings. The van der Waals surface area contributed by atoms with E-state index >= 15 is 0 Å². The molecule has 1 aliphatic heterocycles. The lowest BCUT2D eigenvalue weighted by molar-refractivity contribution is -0.122. The molecule has 1 aliphatic rings. The second kappa shape index (κ2) is 6.66. The molecule has 1 heterocycles. The Morgan fingerprint density at radius 2 is 2.06 bits per heavy atom. The first-order valence-electron chi connectivity index (χ1n) is 5.63. The molecule has 88 valence electrons. The van der Waals surface area contributed by atoms with Crippen molar-refractivity contribution in [1.29, 1.82) is 0 Å². The molecule has 1 aromatic rings. The van der Waals surface area contributed by atoms with Crippen LogP contribution in [-0.2, 0) is 11.2 Å². The van der Waals surface area contributed by atoms with E-state index in [4.69, 9.17) is 0 Å². The van der Waals surface area contributed by atoms with Crippen molar-refractivity contribution < 1.29 is 4.79 Å². The highest BCUT2D eigenvalue weighted by atomic mass is 35.5. The molecule has 0 radical (unpaired) electrons. The van der Waals surface area contributed by atoms with Crippen molar-refractivity contribution in [1.82, 2.24) is 5.32 Å². The van der Waals surface area contributed by atoms with E-state index in [9.17, 15) is 4.79 Å². The zero-order valence-electron chi connectivity index (χ0n) is 9.32. The summed E-state index contributed by atoms with van der Waals surface area (Å²) in [7, 11) is 0. The lowest BCUT2D eigenvalue weighted by Gasteiger charge is -2.21. The van der Waals surface area contributed by atoms with Gasteiger partial charge in [0.05, 0.1) is 0 Å². The summed E-state index contributed by atoms with van der Waals surface area (Å²) in [5.74, 6) is 0.618. The van der Waals surface area contributed by atoms with Crippen LogP contribution >= 0.6 is 12.4 Å². The van der Waals surface area contributed by atoms with Gasteiger partial charge in [-0.05, 0) is 24.9 Å². The summed E-state index contributed by atoms with van der Waals surface area (Å²) >= 11 is 0. The second-order valence-corrected chi connectivity index (χ2v) is 4.17. The van der Waals surface area contributed by atoms with Gasteiger partial charge in [-0.1, -0.05) is 30.3 Å². The van der Waals surface area contributed by atoms with Gasteiger partial charge in [0.1, 0.15) is 5.78 Å². The van der Waals surface area contributed by atoms with E-state index in [1.54, 1.807) is 0 Å². The number of halogens is 1. The molecule has 0 spiro atoms. The summed E-state index contributed by atoms with van der Waals surface area (Å²) in [6.07, 6.45) is 2.77. The molecule has 0 amide bonds. The van der Waals surface area contributed by atoms with E-state index in [2.05, 4.69) is 5.32 Å². The number of carbonyl (C=O) groups excluding carboxylic acids is 1. The molecule has 0 bridgehead atoms. The number of hydrogen-bond acceptors (Lipinski definition) is 2. The molecule has 1 atom stereocenters. The first-order chi connectivity index (χ1) is 7.36. The number of rotatable bonds is 3. The van der Waals surface area contributed by atoms with E-state index < -0.39 is 0 Å². The maximum absolute atomic E-state index is 11.9. The smallest absolute Gasteiger partial charge is 0.141 e. The highest BCUT2D eigenvalue weighted by molar-refractivity contribution is 5.85. The van der Waals surface area contributed by atoms with Gasteiger partial charge in [0, 0.05) is 18.9 Å². The van der Waals surface area contributed by atoms with Crippen LogP contribution in [0, 0.1) is 5.92 Å². The summed E-state index contributed by atoms with van der Waals surface area (Å²) in [5.41, 5.74) is 1.13. The summed E-state index contributed by atoms with van der Waals surface area (Å²) < 4.78 is 0. The Labute approximate surface area is 103 Å². The monoisotopic (exact) mass is 239 g/mol. The van der Waals surface area contributed by atoms with E-state index in [0.717, 1.165) is 31.5 Å². The van der Waals surface area contributed by atoms with Crippen LogP contribution in [0.4, 0.5) is 0 Å². The van der Waals surface area contributed by atoms with Crippen LogP contribution in [0.3, 0.4) is 0 Å². The number of hydrogen-bond donors (Lipinski definition) is 1. The first kappa shape index (κ1) is 13.2. The van der Waals surface area contributed by atoms with Crippen molar-refractivity contribution in [2.75, 3.05) is 13.1 Å². The topological polar surface area (TPSA) is 29.1 Å². The molecular weight excluding hydrogens is 222 g/mol. The molecule has 3 heteroatoms. The van der Waals surface area contributed by atoms with Gasteiger partial charge in [-0.25, -0.2) is 0 Å². The molecule has 1 aromatic carbocycles. The maximum Gasteiger partial charge on any atom is 0.141 e. The Hall–Kier alpha value is -0.860. The van der Waals surface area contributed by atoms with Gasteiger partial charge in [-0.15, -0.1) is 12.4 Å². The van der Waals surface area contributed by atoms with Crippen molar-refractivity contribution in [3.05, 3.63) is 35.9 Å². The van der Waals surface area contributed by atoms with Crippen LogP contribution in [-0.4, -0.2) is 18.9 Å². The number of nitrogens with one attached hydrogen (secondary N) is 1. The zero-order chi connectivity index (χ0) is 10.5. The molecule has 16 heavy (non-hydrogen) atoms. The molecule has 2 rings (SSSR count). The Bertz CT molecular complexity index is 320. The molecule has 1 unspecified atom stereocenters. The third-order valence-corrected chi connectivity index (χ3v) is 2.97. The SMILES string of the molecule is Cl.O=C(Cc1ccccc1)C1CCCNC1. The van der Waals surface area contributed by atoms with Crippen LogP contribution in [0.15, 0.2) is 30.3 Å². The normalized spacial score (nSPS) is 19.9. The van der Waals surface area contributed by atoms with Gasteiger partial charge in [-0.2, -0.15) is 0 Å². The quantitative estimate of drug-likeness (QED) is 0.877. The van der Waals surface area contributed by atoms with E-state index in [1.807, 2.05) is 30.3 Å². The Morgan fingerprint density at radius 3 is 2.69 bits per heavy atom. The highest BCUT2D eigenvalue weighted by Gasteiger charge is 2.20. The average molecular weight is 240 g/mol. The van der Waals surface area contributed by atoms with Crippen molar-refractivity contribution >= 4 is 18.2 Å². The highest BCUT2D eigenvalue weighted by Crippen LogP contribution is 2.13. The minimum Gasteiger partial charge on any atom is -0.316 e. The number of piperidine rings is 1. The van der Waals surface area contributed by atoms with Crippen LogP contribution in [0.1, 0.15) is 18.4 Å². The molecule has 0 saturated carbocycles. The fraction of sp³-hybridized carbons (Fsp3) is 0.462. The molecule has 2 nitrogen and oxygen atoms in total. The number of Topliss-reactive ketones (excluding diaryl/α,β-unsaturated/α-hetero) is 1. The van der Waals surface area contributed by atoms with Crippen LogP contribution in [0.2, 0.25) is 0 Å². The number of benzene rings is 1. The predicted octanol–water partition coefficient (Wildman–Crippen LogP) is 2.22. The van der Waals surface area contributed by atoms with Crippen LogP contribution in [0.25, 0.3) is 0 Å². The lowest BCUT2D eigenvalue weighted by atomic mass is 9.91. The number of carbonyl (C=O) groups is 1. The van der Waals surface area contributed by atoms with E-state index in [1.165, 1.54) is 0 Å². The predicted molar refractivity (Wildman–Crippen MR) is 68.0 cm³/mol. The third kappa shape index (κ3) is 3.62. The molecule has 0 aliphatic carbocycles. The fourth-order valence-electron chi connectivity index (χ4n) is 2.07. The van der Waals surface area contributed by atoms with Crippen molar-refractivity contribution in [3.8, 4) is 0 Å². The van der Waals surface area contributed by atoms with Crippen LogP contribution < -0.4 is 5.32 Å². The second-order valence-electron chi connectivity index (χ2n) is 4.17. The van der Waals surface area contributed by atoms with E-state index in [0.29, 0.717) is 12.2 Å². The summed E-state index contributed by atoms with van der Waals surface area (Å²) in [6.45, 7) is 1.93. The van der Waals surface area contributed by atoms with Crippen LogP contribution in [0.5, 0.6) is 0 Å². The Balaban J connectivity index is 0.00000128. The molecular formula is C13H18ClNO. The Kier molecular flexibility index (Phi) is 5.50. The van der Waals surface area contributed by atoms with Crippen molar-refractivity contribution in [2.24, 2.45) is 5.92 Å². The lowest BCUT2D eigenvalue weighted by Crippen LogP contribution is -2.35. The third-order valence-electron chi connectivity index (χ3n) is 2.97. The van der Waals surface area contributed by atoms with Crippen molar-refractivity contribution in [3.63, 3.8) is 0 Å². The van der Waals surface area contributed by atoms with Gasteiger partial charge >= 0.3 is 0 Å². The zero-order valence-corrected chi connectivity index (χ0v) is 10.1. The largest absolute Gasteiger partial charge is 0.316 e. The fourth-order valence-corrected chi connectivity index (χ4v) is 2.07. The molecule has 0 aromatic heterocycles. The summed E-state index contributed by atoms with van der Waals surface area (Å²) in [6, 6.07) is 10.0. The number of ketones is 1. The van der Waals surface area contributed by atoms with Crippen molar-refractivity contribution in [2.45, 2.75) is 19.3 Å². The Morgan fingerprint density at radius 1 is 1.31 bits per heavy atom. The van der Waals surface area contributed by atoms with E-state index in [-0.39, 0.29) is 18.3 Å². The molecule has 1 N–H and O–H groups in total. The summed E-state index contributed by atoms with van der Waals surface area (Å²) in [4.78, 5) is 11.9. The van der Waals surface area contributed by atoms with Gasteiger partial charge in [-0.3, -0.25) is 4.79 Å². The minimum atomic E-state index is 0. The minimum absolute atomic E-state index is 0. The van der Waals surface area contributed by atoms with Gasteiger partial charge in [0.25, 0.3) is 0 Å². The maximum atomic E-state index is 11.9. The first-order valence-corrected chi connectivity index (χ1v) is 5.63. The summed E-state index contributed by atoms with van der Waals surface area (Å²) in [5, 5.41) is 3.28. The van der Waals surface area contributed by atoms with Gasteiger partial charge < -0.3 is 5.32 Å².